The molecule has 1 heterocycles. The summed E-state index contributed by atoms with van der Waals surface area (Å²) in [6.45, 7) is 2.10. The summed E-state index contributed by atoms with van der Waals surface area (Å²) in [5.41, 5.74) is 0.943. The Labute approximate surface area is 99.0 Å². The fourth-order valence-electron chi connectivity index (χ4n) is 1.45. The zero-order chi connectivity index (χ0) is 11.5. The molecular formula is C11H13ClN2O2. The van der Waals surface area contributed by atoms with E-state index in [1.54, 1.807) is 6.92 Å². The quantitative estimate of drug-likeness (QED) is 0.599. The highest BCUT2D eigenvalue weighted by Crippen LogP contribution is 2.38. The first-order valence-corrected chi connectivity index (χ1v) is 5.88. The predicted octanol–water partition coefficient (Wildman–Crippen LogP) is 2.27. The van der Waals surface area contributed by atoms with Crippen molar-refractivity contribution >= 4 is 17.6 Å². The molecule has 4 nitrogen and oxygen atoms in total. The first-order valence-electron chi connectivity index (χ1n) is 5.35. The lowest BCUT2D eigenvalue weighted by Gasteiger charge is -2.06. The van der Waals surface area contributed by atoms with Crippen LogP contribution in [0, 0.1) is 0 Å². The van der Waals surface area contributed by atoms with E-state index < -0.39 is 5.97 Å². The molecule has 2 rings (SSSR count). The summed E-state index contributed by atoms with van der Waals surface area (Å²) in [6, 6.07) is 0. The van der Waals surface area contributed by atoms with Gasteiger partial charge in [-0.05, 0) is 19.8 Å². The van der Waals surface area contributed by atoms with E-state index in [2.05, 4.69) is 9.97 Å². The average Bonchev–Trinajstić information content (AvgIpc) is 3.12. The van der Waals surface area contributed by atoms with Crippen molar-refractivity contribution in [3.63, 3.8) is 0 Å². The zero-order valence-electron chi connectivity index (χ0n) is 9.07. The largest absolute Gasteiger partial charge is 0.462 e. The van der Waals surface area contributed by atoms with Crippen molar-refractivity contribution < 1.29 is 9.53 Å². The number of carbonyl (C=O) groups is 1. The van der Waals surface area contributed by atoms with E-state index in [1.807, 2.05) is 0 Å². The van der Waals surface area contributed by atoms with Gasteiger partial charge in [0.2, 0.25) is 0 Å². The molecule has 0 spiro atoms. The van der Waals surface area contributed by atoms with Crippen LogP contribution in [-0.4, -0.2) is 22.5 Å². The molecule has 0 amide bonds. The fourth-order valence-corrected chi connectivity index (χ4v) is 1.66. The van der Waals surface area contributed by atoms with Gasteiger partial charge in [0.25, 0.3) is 0 Å². The van der Waals surface area contributed by atoms with Gasteiger partial charge in [0.05, 0.1) is 18.2 Å². The normalized spacial score (nSPS) is 14.9. The molecule has 1 fully saturated rings. The number of nitrogens with zero attached hydrogens (tertiary/aromatic N) is 2. The molecule has 0 aliphatic heterocycles. The molecule has 0 N–H and O–H groups in total. The first kappa shape index (κ1) is 11.3. The Morgan fingerprint density at radius 3 is 2.94 bits per heavy atom. The van der Waals surface area contributed by atoms with Gasteiger partial charge >= 0.3 is 5.97 Å². The van der Waals surface area contributed by atoms with E-state index in [9.17, 15) is 4.79 Å². The minimum atomic E-state index is -0.402. The molecule has 0 bridgehead atoms. The molecular weight excluding hydrogens is 228 g/mol. The number of halogens is 1. The number of carbonyl (C=O) groups excluding carboxylic acids is 1. The topological polar surface area (TPSA) is 52.1 Å². The summed E-state index contributed by atoms with van der Waals surface area (Å²) < 4.78 is 4.91. The van der Waals surface area contributed by atoms with E-state index >= 15 is 0 Å². The summed E-state index contributed by atoms with van der Waals surface area (Å²) in [7, 11) is 0. The summed E-state index contributed by atoms with van der Waals surface area (Å²) in [6.07, 6.45) is 3.78. The minimum absolute atomic E-state index is 0.205. The Hall–Kier alpha value is -1.16. The summed E-state index contributed by atoms with van der Waals surface area (Å²) in [5.74, 6) is 1.05. The number of hydrogen-bond acceptors (Lipinski definition) is 4. The van der Waals surface area contributed by atoms with E-state index in [4.69, 9.17) is 16.3 Å². The third-order valence-electron chi connectivity index (χ3n) is 2.45. The first-order chi connectivity index (χ1) is 7.76. The third kappa shape index (κ3) is 2.32. The lowest BCUT2D eigenvalue weighted by molar-refractivity contribution is 0.0524. The molecule has 0 aromatic carbocycles. The van der Waals surface area contributed by atoms with Crippen LogP contribution in [0.2, 0.25) is 0 Å². The van der Waals surface area contributed by atoms with Gasteiger partial charge in [-0.1, -0.05) is 0 Å². The van der Waals surface area contributed by atoms with Crippen molar-refractivity contribution in [3.8, 4) is 0 Å². The van der Waals surface area contributed by atoms with Crippen molar-refractivity contribution in [2.75, 3.05) is 6.61 Å². The van der Waals surface area contributed by atoms with Gasteiger partial charge in [0.15, 0.2) is 0 Å². The van der Waals surface area contributed by atoms with Crippen LogP contribution in [0.4, 0.5) is 0 Å². The molecule has 1 saturated carbocycles. The minimum Gasteiger partial charge on any atom is -0.462 e. The molecule has 1 aromatic rings. The summed E-state index contributed by atoms with van der Waals surface area (Å²) in [5, 5.41) is 0. The molecule has 0 radical (unpaired) electrons. The van der Waals surface area contributed by atoms with E-state index in [-0.39, 0.29) is 5.88 Å². The van der Waals surface area contributed by atoms with Crippen LogP contribution < -0.4 is 0 Å². The maximum atomic E-state index is 11.6. The maximum absolute atomic E-state index is 11.6. The van der Waals surface area contributed by atoms with E-state index in [0.717, 1.165) is 18.7 Å². The Kier molecular flexibility index (Phi) is 3.39. The van der Waals surface area contributed by atoms with Crippen LogP contribution in [0.5, 0.6) is 0 Å². The molecule has 1 aliphatic carbocycles. The number of esters is 1. The molecule has 1 aromatic heterocycles. The predicted molar refractivity (Wildman–Crippen MR) is 59.5 cm³/mol. The van der Waals surface area contributed by atoms with E-state index in [1.165, 1.54) is 6.20 Å². The molecule has 0 atom stereocenters. The lowest BCUT2D eigenvalue weighted by Crippen LogP contribution is -2.11. The average molecular weight is 241 g/mol. The highest BCUT2D eigenvalue weighted by atomic mass is 35.5. The Morgan fingerprint density at radius 2 is 2.38 bits per heavy atom. The highest BCUT2D eigenvalue weighted by Gasteiger charge is 2.27. The molecule has 1 aliphatic rings. The van der Waals surface area contributed by atoms with Crippen LogP contribution in [-0.2, 0) is 10.6 Å². The van der Waals surface area contributed by atoms with Gasteiger partial charge in [-0.25, -0.2) is 14.8 Å². The van der Waals surface area contributed by atoms with Gasteiger partial charge < -0.3 is 4.74 Å². The van der Waals surface area contributed by atoms with Crippen molar-refractivity contribution in [2.24, 2.45) is 0 Å². The van der Waals surface area contributed by atoms with Gasteiger partial charge in [0.1, 0.15) is 11.4 Å². The molecule has 16 heavy (non-hydrogen) atoms. The molecule has 0 unspecified atom stereocenters. The lowest BCUT2D eigenvalue weighted by atomic mass is 10.2. The SMILES string of the molecule is CCOC(=O)c1cnc(C2CC2)nc1CCl. The zero-order valence-corrected chi connectivity index (χ0v) is 9.83. The summed E-state index contributed by atoms with van der Waals surface area (Å²) >= 11 is 5.78. The second-order valence-corrected chi connectivity index (χ2v) is 3.98. The van der Waals surface area contributed by atoms with Crippen molar-refractivity contribution in [1.82, 2.24) is 9.97 Å². The van der Waals surface area contributed by atoms with Gasteiger partial charge in [-0.15, -0.1) is 11.6 Å². The standard InChI is InChI=1S/C11H13ClN2O2/c1-2-16-11(15)8-6-13-10(7-3-4-7)14-9(8)5-12/h6-7H,2-5H2,1H3. The number of rotatable bonds is 4. The van der Waals surface area contributed by atoms with Gasteiger partial charge in [0, 0.05) is 12.1 Å². The van der Waals surface area contributed by atoms with Crippen LogP contribution in [0.1, 0.15) is 47.6 Å². The van der Waals surface area contributed by atoms with Crippen LogP contribution in [0.3, 0.4) is 0 Å². The van der Waals surface area contributed by atoms with Crippen LogP contribution in [0.15, 0.2) is 6.20 Å². The fraction of sp³-hybridized carbons (Fsp3) is 0.545. The third-order valence-corrected chi connectivity index (χ3v) is 2.70. The van der Waals surface area contributed by atoms with E-state index in [0.29, 0.717) is 23.8 Å². The second-order valence-electron chi connectivity index (χ2n) is 3.72. The highest BCUT2D eigenvalue weighted by molar-refractivity contribution is 6.17. The monoisotopic (exact) mass is 240 g/mol. The van der Waals surface area contributed by atoms with Crippen LogP contribution in [0.25, 0.3) is 0 Å². The Morgan fingerprint density at radius 1 is 1.62 bits per heavy atom. The number of ether oxygens (including phenoxy) is 1. The molecule has 86 valence electrons. The number of hydrogen-bond donors (Lipinski definition) is 0. The van der Waals surface area contributed by atoms with Crippen molar-refractivity contribution in [3.05, 3.63) is 23.3 Å². The summed E-state index contributed by atoms with van der Waals surface area (Å²) in [4.78, 5) is 20.1. The van der Waals surface area contributed by atoms with Crippen molar-refractivity contribution in [1.29, 1.82) is 0 Å². The van der Waals surface area contributed by atoms with Gasteiger partial charge in [-0.3, -0.25) is 0 Å². The van der Waals surface area contributed by atoms with Crippen molar-refractivity contribution in [2.45, 2.75) is 31.6 Å². The Balaban J connectivity index is 2.26. The van der Waals surface area contributed by atoms with Gasteiger partial charge in [-0.2, -0.15) is 0 Å². The van der Waals surface area contributed by atoms with Crippen LogP contribution >= 0.6 is 11.6 Å². The maximum Gasteiger partial charge on any atom is 0.341 e. The second kappa shape index (κ2) is 4.78. The number of alkyl halides is 1. The Bertz CT molecular complexity index is 405. The molecule has 0 saturated heterocycles. The smallest absolute Gasteiger partial charge is 0.341 e. The number of aromatic nitrogens is 2. The molecule has 5 heteroatoms.